The van der Waals surface area contributed by atoms with E-state index in [1.165, 1.54) is 0 Å². The zero-order chi connectivity index (χ0) is 6.62. The maximum Gasteiger partial charge on any atom is 0.138 e. The van der Waals surface area contributed by atoms with E-state index in [4.69, 9.17) is 0 Å². The molecule has 0 spiro atoms. The molecule has 0 aliphatic carbocycles. The van der Waals surface area contributed by atoms with Crippen molar-refractivity contribution in [2.24, 2.45) is 0 Å². The summed E-state index contributed by atoms with van der Waals surface area (Å²) in [5.74, 6) is 0. The van der Waals surface area contributed by atoms with Crippen molar-refractivity contribution in [1.29, 1.82) is 0 Å². The van der Waals surface area contributed by atoms with Crippen molar-refractivity contribution < 1.29 is 8.87 Å². The van der Waals surface area contributed by atoms with Crippen LogP contribution in [-0.4, -0.2) is 38.3 Å². The molecule has 0 unspecified atom stereocenters. The van der Waals surface area contributed by atoms with Gasteiger partial charge in [-0.25, -0.2) is 4.39 Å². The second-order valence-corrected chi connectivity index (χ2v) is 2.66. The fraction of sp³-hybridized carbons (Fsp3) is 1.00. The summed E-state index contributed by atoms with van der Waals surface area (Å²) in [5, 5.41) is 0. The molecule has 0 aromatic carbocycles. The summed E-state index contributed by atoms with van der Waals surface area (Å²) in [5.41, 5.74) is 0. The molecule has 0 aromatic rings. The third-order valence-electron chi connectivity index (χ3n) is 1.55. The molecule has 8 heavy (non-hydrogen) atoms. The molecule has 0 aromatic heterocycles. The number of nitrogens with zero attached hydrogens (tertiary/aromatic N) is 1. The van der Waals surface area contributed by atoms with Crippen molar-refractivity contribution in [1.82, 2.24) is 0 Å². The Labute approximate surface area is 50.7 Å². The average molecular weight is 120 g/mol. The molecule has 0 bridgehead atoms. The Kier molecular flexibility index (Phi) is 2.98. The predicted molar refractivity (Wildman–Crippen MR) is 33.5 cm³/mol. The lowest BCUT2D eigenvalue weighted by atomic mass is 10.5. The van der Waals surface area contributed by atoms with Gasteiger partial charge in [-0.3, -0.25) is 0 Å². The number of rotatable bonds is 3. The molecule has 50 valence electrons. The molecule has 0 amide bonds. The van der Waals surface area contributed by atoms with Crippen LogP contribution in [0.15, 0.2) is 0 Å². The number of hydrogen-bond acceptors (Lipinski definition) is 0. The fourth-order valence-corrected chi connectivity index (χ4v) is 0.387. The minimum absolute atomic E-state index is 0.208. The lowest BCUT2D eigenvalue weighted by Crippen LogP contribution is -2.40. The summed E-state index contributed by atoms with van der Waals surface area (Å²) in [6.45, 7) is 3.50. The minimum Gasteiger partial charge on any atom is -0.327 e. The van der Waals surface area contributed by atoms with Crippen LogP contribution in [0.5, 0.6) is 0 Å². The zero-order valence-corrected chi connectivity index (χ0v) is 5.95. The van der Waals surface area contributed by atoms with Gasteiger partial charge in [-0.1, -0.05) is 0 Å². The molecule has 0 N–H and O–H groups in total. The van der Waals surface area contributed by atoms with E-state index in [-0.39, 0.29) is 6.67 Å². The van der Waals surface area contributed by atoms with E-state index < -0.39 is 0 Å². The van der Waals surface area contributed by atoms with Gasteiger partial charge in [-0.05, 0) is 6.92 Å². The minimum atomic E-state index is -0.208. The van der Waals surface area contributed by atoms with Crippen LogP contribution in [-0.2, 0) is 0 Å². The molecule has 0 heterocycles. The van der Waals surface area contributed by atoms with Crippen LogP contribution < -0.4 is 0 Å². The molecule has 0 aliphatic rings. The van der Waals surface area contributed by atoms with Crippen LogP contribution in [0, 0.1) is 0 Å². The highest BCUT2D eigenvalue weighted by Crippen LogP contribution is 1.93. The summed E-state index contributed by atoms with van der Waals surface area (Å²) in [4.78, 5) is 0. The standard InChI is InChI=1S/C6H15FN/c1-4-8(2,3)6-5-7/h4-6H2,1-3H3/q+1. The first-order valence-electron chi connectivity index (χ1n) is 3.00. The van der Waals surface area contributed by atoms with E-state index in [0.717, 1.165) is 11.0 Å². The number of quaternary nitrogens is 1. The Morgan fingerprint density at radius 2 is 1.88 bits per heavy atom. The molecule has 0 saturated carbocycles. The predicted octanol–water partition coefficient (Wildman–Crippen LogP) is 1.05. The highest BCUT2D eigenvalue weighted by molar-refractivity contribution is 4.25. The van der Waals surface area contributed by atoms with Gasteiger partial charge >= 0.3 is 0 Å². The molecular formula is C6H15FN+. The number of alkyl halides is 1. The summed E-state index contributed by atoms with van der Waals surface area (Å²) < 4.78 is 12.4. The molecule has 0 rings (SSSR count). The number of halogens is 1. The van der Waals surface area contributed by atoms with E-state index >= 15 is 0 Å². The van der Waals surface area contributed by atoms with Crippen molar-refractivity contribution in [2.75, 3.05) is 33.9 Å². The van der Waals surface area contributed by atoms with Gasteiger partial charge < -0.3 is 4.48 Å². The van der Waals surface area contributed by atoms with Crippen LogP contribution in [0.1, 0.15) is 6.92 Å². The lowest BCUT2D eigenvalue weighted by Gasteiger charge is -2.26. The maximum absolute atomic E-state index is 11.7. The Balaban J connectivity index is 3.37. The SMILES string of the molecule is CC[N+](C)(C)CCF. The maximum atomic E-state index is 11.7. The van der Waals surface area contributed by atoms with E-state index in [0.29, 0.717) is 6.54 Å². The van der Waals surface area contributed by atoms with Crippen LogP contribution in [0.4, 0.5) is 4.39 Å². The Bertz CT molecular complexity index is 61.5. The summed E-state index contributed by atoms with van der Waals surface area (Å²) in [7, 11) is 4.05. The summed E-state index contributed by atoms with van der Waals surface area (Å²) >= 11 is 0. The van der Waals surface area contributed by atoms with Crippen molar-refractivity contribution in [3.8, 4) is 0 Å². The zero-order valence-electron chi connectivity index (χ0n) is 5.95. The van der Waals surface area contributed by atoms with E-state index in [1.807, 2.05) is 14.1 Å². The second kappa shape index (κ2) is 3.02. The molecule has 0 radical (unpaired) electrons. The largest absolute Gasteiger partial charge is 0.327 e. The van der Waals surface area contributed by atoms with Crippen LogP contribution in [0.25, 0.3) is 0 Å². The monoisotopic (exact) mass is 120 g/mol. The fourth-order valence-electron chi connectivity index (χ4n) is 0.387. The first-order chi connectivity index (χ1) is 3.62. The second-order valence-electron chi connectivity index (χ2n) is 2.66. The highest BCUT2D eigenvalue weighted by Gasteiger charge is 2.09. The smallest absolute Gasteiger partial charge is 0.138 e. The van der Waals surface area contributed by atoms with Gasteiger partial charge in [-0.2, -0.15) is 0 Å². The van der Waals surface area contributed by atoms with Gasteiger partial charge in [-0.15, -0.1) is 0 Å². The normalized spacial score (nSPS) is 12.0. The molecule has 1 nitrogen and oxygen atoms in total. The molecule has 0 saturated heterocycles. The third kappa shape index (κ3) is 2.97. The van der Waals surface area contributed by atoms with E-state index in [2.05, 4.69) is 6.92 Å². The molecule has 2 heteroatoms. The van der Waals surface area contributed by atoms with Gasteiger partial charge in [0.1, 0.15) is 13.2 Å². The Morgan fingerprint density at radius 1 is 1.38 bits per heavy atom. The molecule has 0 aliphatic heterocycles. The van der Waals surface area contributed by atoms with Crippen LogP contribution in [0.2, 0.25) is 0 Å². The summed E-state index contributed by atoms with van der Waals surface area (Å²) in [6, 6.07) is 0. The molecular weight excluding hydrogens is 105 g/mol. The van der Waals surface area contributed by atoms with E-state index in [1.54, 1.807) is 0 Å². The Morgan fingerprint density at radius 3 is 2.00 bits per heavy atom. The van der Waals surface area contributed by atoms with Crippen molar-refractivity contribution >= 4 is 0 Å². The van der Waals surface area contributed by atoms with Crippen molar-refractivity contribution in [3.63, 3.8) is 0 Å². The van der Waals surface area contributed by atoms with Gasteiger partial charge in [0.25, 0.3) is 0 Å². The first-order valence-corrected chi connectivity index (χ1v) is 3.00. The summed E-state index contributed by atoms with van der Waals surface area (Å²) in [6.07, 6.45) is 0. The molecule has 0 fully saturated rings. The lowest BCUT2D eigenvalue weighted by molar-refractivity contribution is -0.888. The third-order valence-corrected chi connectivity index (χ3v) is 1.55. The average Bonchev–Trinajstić information content (AvgIpc) is 1.67. The van der Waals surface area contributed by atoms with Crippen LogP contribution in [0.3, 0.4) is 0 Å². The van der Waals surface area contributed by atoms with Gasteiger partial charge in [0.05, 0.1) is 20.6 Å². The highest BCUT2D eigenvalue weighted by atomic mass is 19.1. The van der Waals surface area contributed by atoms with Gasteiger partial charge in [0, 0.05) is 0 Å². The van der Waals surface area contributed by atoms with Crippen molar-refractivity contribution in [3.05, 3.63) is 0 Å². The van der Waals surface area contributed by atoms with Gasteiger partial charge in [0.15, 0.2) is 0 Å². The van der Waals surface area contributed by atoms with Crippen molar-refractivity contribution in [2.45, 2.75) is 6.92 Å². The van der Waals surface area contributed by atoms with Gasteiger partial charge in [0.2, 0.25) is 0 Å². The first kappa shape index (κ1) is 7.89. The van der Waals surface area contributed by atoms with Crippen LogP contribution >= 0.6 is 0 Å². The van der Waals surface area contributed by atoms with E-state index in [9.17, 15) is 4.39 Å². The quantitative estimate of drug-likeness (QED) is 0.488. The molecule has 0 atom stereocenters. The number of hydrogen-bond donors (Lipinski definition) is 0. The Hall–Kier alpha value is -0.110. The topological polar surface area (TPSA) is 0 Å².